The monoisotopic (exact) mass is 458 g/mol. The molecule has 0 aromatic rings. The molecule has 2 bridgehead atoms. The summed E-state index contributed by atoms with van der Waals surface area (Å²) in [5, 5.41) is 11.1. The Morgan fingerprint density at radius 3 is 2.61 bits per heavy atom. The molecule has 0 aromatic carbocycles. The zero-order chi connectivity index (χ0) is 24.1. The first kappa shape index (κ1) is 25.7. The lowest BCUT2D eigenvalue weighted by molar-refractivity contribution is -0.0190. The van der Waals surface area contributed by atoms with Crippen LogP contribution in [0.1, 0.15) is 125 Å². The van der Waals surface area contributed by atoms with Gasteiger partial charge in [-0.25, -0.2) is 0 Å². The maximum Gasteiger partial charge on any atom is 0.0682 e. The molecule has 2 heteroatoms. The molecule has 0 aromatic heterocycles. The molecular weight excluding hydrogens is 404 g/mol. The maximum absolute atomic E-state index is 11.1. The van der Waals surface area contributed by atoms with Gasteiger partial charge in [-0.2, -0.15) is 0 Å². The summed E-state index contributed by atoms with van der Waals surface area (Å²) in [7, 11) is 1.85. The van der Waals surface area contributed by atoms with Crippen LogP contribution in [0.2, 0.25) is 0 Å². The van der Waals surface area contributed by atoms with Gasteiger partial charge in [-0.05, 0) is 125 Å². The minimum atomic E-state index is -0.445. The van der Waals surface area contributed by atoms with Gasteiger partial charge in [-0.3, -0.25) is 0 Å². The molecule has 1 N–H and O–H groups in total. The van der Waals surface area contributed by atoms with Crippen LogP contribution in [0.25, 0.3) is 0 Å². The molecule has 4 aliphatic rings. The number of hydrogen-bond acceptors (Lipinski definition) is 2. The van der Waals surface area contributed by atoms with E-state index in [0.717, 1.165) is 48.9 Å². The summed E-state index contributed by atoms with van der Waals surface area (Å²) in [5.41, 5.74) is 2.05. The molecule has 3 fully saturated rings. The highest BCUT2D eigenvalue weighted by atomic mass is 16.5. The highest BCUT2D eigenvalue weighted by Crippen LogP contribution is 2.64. The maximum atomic E-state index is 11.1. The number of aliphatic hydroxyl groups is 1. The number of fused-ring (bicyclic) bond motifs is 6. The molecule has 0 unspecified atom stereocenters. The van der Waals surface area contributed by atoms with E-state index in [1.54, 1.807) is 5.57 Å². The molecule has 0 saturated heterocycles. The Morgan fingerprint density at radius 2 is 1.91 bits per heavy atom. The molecular formula is C31H54O2. The van der Waals surface area contributed by atoms with Gasteiger partial charge in [0.05, 0.1) is 11.2 Å². The van der Waals surface area contributed by atoms with Gasteiger partial charge in [0.1, 0.15) is 0 Å². The summed E-state index contributed by atoms with van der Waals surface area (Å²) < 4.78 is 5.68. The Bertz CT molecular complexity index is 724. The first-order chi connectivity index (χ1) is 15.5. The first-order valence-corrected chi connectivity index (χ1v) is 14.4. The van der Waals surface area contributed by atoms with Crippen molar-refractivity contribution in [3.05, 3.63) is 11.6 Å². The van der Waals surface area contributed by atoms with Crippen LogP contribution in [-0.2, 0) is 4.74 Å². The molecule has 0 radical (unpaired) electrons. The Hall–Kier alpha value is -0.340. The van der Waals surface area contributed by atoms with Gasteiger partial charge in [0, 0.05) is 7.11 Å². The standard InChI is InChI=1S/C31H54O2/c1-8-31(32)19-18-29(5)24-15-17-30(6)26(22(2)10-9-16-28(3,4)33-7)13-14-27(30)23(20-24)11-12-25(29)21-31/h12,22-24,26-27,32H,8-11,13-21H2,1-7H3/t22-,23-,24+,26-,27+,29-,30-,31+/m1/s1. The lowest BCUT2D eigenvalue weighted by Gasteiger charge is -2.48. The Kier molecular flexibility index (Phi) is 7.23. The van der Waals surface area contributed by atoms with Crippen molar-refractivity contribution >= 4 is 0 Å². The van der Waals surface area contributed by atoms with Crippen molar-refractivity contribution in [2.45, 2.75) is 136 Å². The average molecular weight is 459 g/mol. The fourth-order valence-electron chi connectivity index (χ4n) is 9.16. The number of allylic oxidation sites excluding steroid dienone is 1. The predicted molar refractivity (Wildman–Crippen MR) is 139 cm³/mol. The Labute approximate surface area is 205 Å². The van der Waals surface area contributed by atoms with Crippen LogP contribution in [0, 0.1) is 40.4 Å². The van der Waals surface area contributed by atoms with Gasteiger partial charge in [-0.1, -0.05) is 52.2 Å². The van der Waals surface area contributed by atoms with Crippen molar-refractivity contribution in [1.82, 2.24) is 0 Å². The van der Waals surface area contributed by atoms with Crippen molar-refractivity contribution in [2.75, 3.05) is 7.11 Å². The van der Waals surface area contributed by atoms with Crippen molar-refractivity contribution in [3.8, 4) is 0 Å². The van der Waals surface area contributed by atoms with Crippen molar-refractivity contribution in [3.63, 3.8) is 0 Å². The summed E-state index contributed by atoms with van der Waals surface area (Å²) in [5.74, 6) is 4.29. The molecule has 0 spiro atoms. The van der Waals surface area contributed by atoms with Crippen LogP contribution >= 0.6 is 0 Å². The van der Waals surface area contributed by atoms with E-state index in [0.29, 0.717) is 10.8 Å². The molecule has 190 valence electrons. The predicted octanol–water partition coefficient (Wildman–Crippen LogP) is 8.33. The molecule has 8 atom stereocenters. The summed E-state index contributed by atoms with van der Waals surface area (Å²) in [6.07, 6.45) is 18.9. The molecule has 0 aliphatic heterocycles. The van der Waals surface area contributed by atoms with Gasteiger partial charge >= 0.3 is 0 Å². The fraction of sp³-hybridized carbons (Fsp3) is 0.935. The molecule has 3 saturated carbocycles. The van der Waals surface area contributed by atoms with E-state index in [-0.39, 0.29) is 5.60 Å². The Morgan fingerprint density at radius 1 is 1.15 bits per heavy atom. The smallest absolute Gasteiger partial charge is 0.0682 e. The zero-order valence-corrected chi connectivity index (χ0v) is 23.0. The minimum absolute atomic E-state index is 0.0168. The third kappa shape index (κ3) is 4.74. The lowest BCUT2D eigenvalue weighted by Crippen LogP contribution is -2.42. The van der Waals surface area contributed by atoms with Gasteiger partial charge in [0.25, 0.3) is 0 Å². The number of methoxy groups -OCH3 is 1. The number of rotatable bonds is 7. The van der Waals surface area contributed by atoms with Gasteiger partial charge in [0.15, 0.2) is 0 Å². The summed E-state index contributed by atoms with van der Waals surface area (Å²) in [6, 6.07) is 0. The zero-order valence-electron chi connectivity index (χ0n) is 23.0. The van der Waals surface area contributed by atoms with Crippen LogP contribution in [0.5, 0.6) is 0 Å². The van der Waals surface area contributed by atoms with E-state index >= 15 is 0 Å². The second-order valence-electron chi connectivity index (χ2n) is 14.0. The quantitative estimate of drug-likeness (QED) is 0.388. The molecule has 2 nitrogen and oxygen atoms in total. The second kappa shape index (κ2) is 9.27. The van der Waals surface area contributed by atoms with Crippen LogP contribution in [0.4, 0.5) is 0 Å². The third-order valence-electron chi connectivity index (χ3n) is 11.9. The summed E-state index contributed by atoms with van der Waals surface area (Å²) in [4.78, 5) is 0. The highest BCUT2D eigenvalue weighted by Gasteiger charge is 2.56. The summed E-state index contributed by atoms with van der Waals surface area (Å²) in [6.45, 7) is 14.5. The SMILES string of the molecule is CC[C@]1(O)CC[C@@]2(C)C(=CC[C@@H]3C[C@@H]2CC[C@]2(C)[C@@H]([C@H](C)CCCC(C)(C)OC)CC[C@@H]32)C1. The lowest BCUT2D eigenvalue weighted by atomic mass is 9.58. The summed E-state index contributed by atoms with van der Waals surface area (Å²) >= 11 is 0. The normalized spacial score (nSPS) is 44.3. The number of ether oxygens (including phenoxy) is 1. The molecule has 4 rings (SSSR count). The fourth-order valence-corrected chi connectivity index (χ4v) is 9.16. The third-order valence-corrected chi connectivity index (χ3v) is 11.9. The van der Waals surface area contributed by atoms with E-state index in [9.17, 15) is 5.11 Å². The van der Waals surface area contributed by atoms with E-state index in [1.165, 1.54) is 64.2 Å². The molecule has 4 aliphatic carbocycles. The van der Waals surface area contributed by atoms with E-state index in [2.05, 4.69) is 47.6 Å². The topological polar surface area (TPSA) is 29.5 Å². The van der Waals surface area contributed by atoms with Crippen LogP contribution in [0.15, 0.2) is 11.6 Å². The van der Waals surface area contributed by atoms with Gasteiger partial charge < -0.3 is 9.84 Å². The first-order valence-electron chi connectivity index (χ1n) is 14.4. The van der Waals surface area contributed by atoms with Gasteiger partial charge in [-0.15, -0.1) is 0 Å². The van der Waals surface area contributed by atoms with Crippen molar-refractivity contribution in [1.29, 1.82) is 0 Å². The minimum Gasteiger partial charge on any atom is -0.390 e. The van der Waals surface area contributed by atoms with E-state index < -0.39 is 5.60 Å². The number of hydrogen-bond donors (Lipinski definition) is 1. The second-order valence-corrected chi connectivity index (χ2v) is 14.0. The van der Waals surface area contributed by atoms with E-state index in [4.69, 9.17) is 4.74 Å². The molecule has 0 heterocycles. The van der Waals surface area contributed by atoms with E-state index in [1.807, 2.05) is 7.11 Å². The van der Waals surface area contributed by atoms with Gasteiger partial charge in [0.2, 0.25) is 0 Å². The van der Waals surface area contributed by atoms with Crippen LogP contribution < -0.4 is 0 Å². The largest absolute Gasteiger partial charge is 0.390 e. The molecule has 33 heavy (non-hydrogen) atoms. The highest BCUT2D eigenvalue weighted by molar-refractivity contribution is 5.24. The molecule has 0 amide bonds. The Balaban J connectivity index is 1.50. The van der Waals surface area contributed by atoms with Crippen molar-refractivity contribution in [2.24, 2.45) is 40.4 Å². The van der Waals surface area contributed by atoms with Crippen molar-refractivity contribution < 1.29 is 9.84 Å². The van der Waals surface area contributed by atoms with Crippen LogP contribution in [0.3, 0.4) is 0 Å². The average Bonchev–Trinajstić information content (AvgIpc) is 2.96. The van der Waals surface area contributed by atoms with Crippen LogP contribution in [-0.4, -0.2) is 23.4 Å².